The number of ether oxygens (including phenoxy) is 3. The van der Waals surface area contributed by atoms with Gasteiger partial charge in [-0.05, 0) is 127 Å². The summed E-state index contributed by atoms with van der Waals surface area (Å²) in [5, 5.41) is 3.74. The van der Waals surface area contributed by atoms with Crippen LogP contribution in [-0.2, 0) is 0 Å². The van der Waals surface area contributed by atoms with Crippen LogP contribution < -0.4 is 24.4 Å². The summed E-state index contributed by atoms with van der Waals surface area (Å²) in [5.74, 6) is 2.88. The van der Waals surface area contributed by atoms with Gasteiger partial charge >= 0.3 is 0 Å². The molecule has 0 bridgehead atoms. The van der Waals surface area contributed by atoms with Crippen LogP contribution >= 0.6 is 0 Å². The van der Waals surface area contributed by atoms with Crippen LogP contribution in [0, 0.1) is 17.2 Å². The molecule has 2 saturated heterocycles. The second-order valence-electron chi connectivity index (χ2n) is 15.2. The summed E-state index contributed by atoms with van der Waals surface area (Å²) in [4.78, 5) is 29.1. The average Bonchev–Trinajstić information content (AvgIpc) is 3.59. The van der Waals surface area contributed by atoms with Gasteiger partial charge in [-0.2, -0.15) is 0 Å². The largest absolute Gasteiger partial charge is 0.494 e. The zero-order valence-corrected chi connectivity index (χ0v) is 31.2. The number of carbonyl (C=O) groups excluding carboxylic acids is 1. The predicted molar refractivity (Wildman–Crippen MR) is 199 cm³/mol. The van der Waals surface area contributed by atoms with Crippen molar-refractivity contribution in [3.8, 4) is 23.0 Å². The number of anilines is 2. The van der Waals surface area contributed by atoms with Gasteiger partial charge in [-0.1, -0.05) is 6.07 Å². The Labute approximate surface area is 302 Å². The van der Waals surface area contributed by atoms with Gasteiger partial charge in [0.25, 0.3) is 5.91 Å². The van der Waals surface area contributed by atoms with E-state index in [2.05, 4.69) is 25.1 Å². The Bertz CT molecular complexity index is 1600. The van der Waals surface area contributed by atoms with Crippen molar-refractivity contribution >= 4 is 17.4 Å². The highest BCUT2D eigenvalue weighted by atomic mass is 19.1. The van der Waals surface area contributed by atoms with E-state index in [0.29, 0.717) is 34.7 Å². The number of rotatable bonds is 12. The summed E-state index contributed by atoms with van der Waals surface area (Å²) in [6.45, 7) is 12.9. The van der Waals surface area contributed by atoms with Crippen LogP contribution in [0.25, 0.3) is 0 Å². The van der Waals surface area contributed by atoms with Crippen LogP contribution in [0.15, 0.2) is 48.9 Å². The molecule has 6 rings (SSSR count). The summed E-state index contributed by atoms with van der Waals surface area (Å²) < 4.78 is 32.0. The van der Waals surface area contributed by atoms with Gasteiger partial charge < -0.3 is 34.2 Å². The van der Waals surface area contributed by atoms with Crippen LogP contribution in [0.1, 0.15) is 83.0 Å². The molecule has 0 radical (unpaired) electrons. The van der Waals surface area contributed by atoms with Crippen molar-refractivity contribution in [1.29, 1.82) is 0 Å². The van der Waals surface area contributed by atoms with Crippen molar-refractivity contribution in [1.82, 2.24) is 19.8 Å². The van der Waals surface area contributed by atoms with Crippen molar-refractivity contribution in [3.05, 3.63) is 60.3 Å². The Morgan fingerprint density at radius 1 is 0.941 bits per heavy atom. The van der Waals surface area contributed by atoms with Gasteiger partial charge in [0.1, 0.15) is 35.1 Å². The second-order valence-corrected chi connectivity index (χ2v) is 15.2. The third-order valence-corrected chi connectivity index (χ3v) is 11.2. The number of piperidine rings is 1. The average molecular weight is 703 g/mol. The van der Waals surface area contributed by atoms with Crippen molar-refractivity contribution < 1.29 is 23.4 Å². The van der Waals surface area contributed by atoms with Crippen LogP contribution in [0.3, 0.4) is 0 Å². The molecule has 1 aromatic heterocycles. The van der Waals surface area contributed by atoms with E-state index in [1.54, 1.807) is 25.3 Å². The van der Waals surface area contributed by atoms with E-state index in [-0.39, 0.29) is 23.6 Å². The first-order valence-corrected chi connectivity index (χ1v) is 18.6. The lowest BCUT2D eigenvalue weighted by molar-refractivity contribution is 0.0584. The van der Waals surface area contributed by atoms with E-state index >= 15 is 0 Å². The van der Waals surface area contributed by atoms with E-state index in [9.17, 15) is 9.18 Å². The number of para-hydroxylation sites is 1. The molecule has 1 saturated carbocycles. The molecular formula is C40H55FN6O4. The van der Waals surface area contributed by atoms with E-state index in [4.69, 9.17) is 14.2 Å². The van der Waals surface area contributed by atoms with Gasteiger partial charge in [0.15, 0.2) is 11.6 Å². The molecule has 51 heavy (non-hydrogen) atoms. The molecule has 3 aromatic rings. The summed E-state index contributed by atoms with van der Waals surface area (Å²) in [6, 6.07) is 10.3. The third-order valence-electron chi connectivity index (χ3n) is 11.2. The van der Waals surface area contributed by atoms with Crippen molar-refractivity contribution in [2.24, 2.45) is 11.3 Å². The molecule has 3 aliphatic rings. The van der Waals surface area contributed by atoms with E-state index in [1.165, 1.54) is 50.2 Å². The zero-order chi connectivity index (χ0) is 36.1. The molecule has 11 heteroatoms. The summed E-state index contributed by atoms with van der Waals surface area (Å²) >= 11 is 0. The van der Waals surface area contributed by atoms with Crippen molar-refractivity contribution in [2.75, 3.05) is 57.2 Å². The molecule has 0 unspecified atom stereocenters. The summed E-state index contributed by atoms with van der Waals surface area (Å²) in [5.41, 5.74) is 1.59. The van der Waals surface area contributed by atoms with Crippen LogP contribution in [0.5, 0.6) is 23.0 Å². The Hall–Kier alpha value is -4.12. The van der Waals surface area contributed by atoms with Gasteiger partial charge in [-0.3, -0.25) is 4.79 Å². The highest BCUT2D eigenvalue weighted by Crippen LogP contribution is 2.46. The lowest BCUT2D eigenvalue weighted by atomic mass is 9.67. The Morgan fingerprint density at radius 3 is 2.27 bits per heavy atom. The molecule has 3 fully saturated rings. The first-order chi connectivity index (χ1) is 24.6. The molecule has 1 amide bonds. The normalized spacial score (nSPS) is 19.5. The maximum Gasteiger partial charge on any atom is 0.258 e. The van der Waals surface area contributed by atoms with Crippen molar-refractivity contribution in [3.63, 3.8) is 0 Å². The van der Waals surface area contributed by atoms with Gasteiger partial charge in [0, 0.05) is 37.8 Å². The lowest BCUT2D eigenvalue weighted by Gasteiger charge is -2.46. The molecule has 1 N–H and O–H groups in total. The predicted octanol–water partition coefficient (Wildman–Crippen LogP) is 7.65. The van der Waals surface area contributed by atoms with Crippen LogP contribution in [0.4, 0.5) is 15.9 Å². The number of methoxy groups -OCH3 is 2. The number of hydrogen-bond acceptors (Lipinski definition) is 9. The zero-order valence-electron chi connectivity index (χ0n) is 31.2. The minimum absolute atomic E-state index is 0.0522. The molecule has 1 atom stereocenters. The molecule has 10 nitrogen and oxygen atoms in total. The maximum atomic E-state index is 14.4. The molecule has 3 heterocycles. The standard InChI is InChI=1S/C40H55FN6O4/c1-27(2)47(28(3)4)39(48)32-22-30(41)10-11-33(32)51-36-23-42-26-43-38(36)46-19-14-29(25-46)24-45-20-17-40(18-21-45)15-12-31(13-16-40)44-37-34(49-5)8-7-9-35(37)50-6/h7-11,22-23,26-29,31,44H,12-21,24-25H2,1-6H3/t29-/m0/s1. The van der Waals surface area contributed by atoms with E-state index < -0.39 is 5.82 Å². The minimum atomic E-state index is -0.483. The highest BCUT2D eigenvalue weighted by Gasteiger charge is 2.39. The third kappa shape index (κ3) is 8.35. The van der Waals surface area contributed by atoms with Gasteiger partial charge in [-0.25, -0.2) is 14.4 Å². The SMILES string of the molecule is COc1cccc(OC)c1NC1CCC2(CC1)CCN(C[C@@H]1CCN(c3ncncc3Oc3ccc(F)cc3C(=O)N(C(C)C)C(C)C)C1)CC2. The van der Waals surface area contributed by atoms with Gasteiger partial charge in [-0.15, -0.1) is 0 Å². The van der Waals surface area contributed by atoms with Crippen LogP contribution in [0.2, 0.25) is 0 Å². The molecule has 1 aliphatic carbocycles. The maximum absolute atomic E-state index is 14.4. The Balaban J connectivity index is 1.03. The lowest BCUT2D eigenvalue weighted by Crippen LogP contribution is -2.45. The Kier molecular flexibility index (Phi) is 11.5. The number of nitrogens with zero attached hydrogens (tertiary/aromatic N) is 5. The number of carbonyl (C=O) groups is 1. The minimum Gasteiger partial charge on any atom is -0.494 e. The first-order valence-electron chi connectivity index (χ1n) is 18.6. The van der Waals surface area contributed by atoms with E-state index in [1.807, 2.05) is 45.9 Å². The molecule has 276 valence electrons. The summed E-state index contributed by atoms with van der Waals surface area (Å²) in [6.07, 6.45) is 11.6. The molecule has 2 aromatic carbocycles. The number of hydrogen-bond donors (Lipinski definition) is 1. The number of aromatic nitrogens is 2. The fraction of sp³-hybridized carbons (Fsp3) is 0.575. The number of nitrogens with one attached hydrogen (secondary N) is 1. The second kappa shape index (κ2) is 16.0. The van der Waals surface area contributed by atoms with Gasteiger partial charge in [0.05, 0.1) is 26.0 Å². The van der Waals surface area contributed by atoms with E-state index in [0.717, 1.165) is 69.2 Å². The van der Waals surface area contributed by atoms with Crippen LogP contribution in [-0.4, -0.2) is 90.7 Å². The molecule has 2 aliphatic heterocycles. The Morgan fingerprint density at radius 2 is 1.63 bits per heavy atom. The first kappa shape index (κ1) is 36.7. The smallest absolute Gasteiger partial charge is 0.258 e. The highest BCUT2D eigenvalue weighted by molar-refractivity contribution is 5.97. The topological polar surface area (TPSA) is 92.3 Å². The number of halogens is 1. The van der Waals surface area contributed by atoms with Gasteiger partial charge in [0.2, 0.25) is 0 Å². The molecule has 1 spiro atoms. The summed E-state index contributed by atoms with van der Waals surface area (Å²) in [7, 11) is 3.41. The van der Waals surface area contributed by atoms with Crippen molar-refractivity contribution in [2.45, 2.75) is 90.8 Å². The monoisotopic (exact) mass is 702 g/mol. The fourth-order valence-electron chi connectivity index (χ4n) is 8.52. The fourth-order valence-corrected chi connectivity index (χ4v) is 8.52. The number of benzene rings is 2. The number of likely N-dealkylation sites (tertiary alicyclic amines) is 1. The molecular weight excluding hydrogens is 647 g/mol. The quantitative estimate of drug-likeness (QED) is 0.204. The number of amides is 1.